The van der Waals surface area contributed by atoms with E-state index in [2.05, 4.69) is 4.98 Å². The van der Waals surface area contributed by atoms with Gasteiger partial charge in [-0.1, -0.05) is 23.7 Å². The first kappa shape index (κ1) is 11.6. The zero-order valence-corrected chi connectivity index (χ0v) is 10.6. The summed E-state index contributed by atoms with van der Waals surface area (Å²) in [5, 5.41) is 10.4. The molecule has 3 rings (SSSR count). The van der Waals surface area contributed by atoms with E-state index in [-0.39, 0.29) is 11.8 Å². The molecule has 2 aromatic rings. The first-order valence-electron chi connectivity index (χ1n) is 5.98. The molecule has 1 unspecified atom stereocenters. The second kappa shape index (κ2) is 4.30. The van der Waals surface area contributed by atoms with Crippen molar-refractivity contribution < 1.29 is 5.11 Å². The summed E-state index contributed by atoms with van der Waals surface area (Å²) in [5.74, 6) is 0.907. The Bertz CT molecular complexity index is 594. The second-order valence-corrected chi connectivity index (χ2v) is 4.89. The summed E-state index contributed by atoms with van der Waals surface area (Å²) >= 11 is 6.17. The van der Waals surface area contributed by atoms with E-state index in [4.69, 9.17) is 17.3 Å². The van der Waals surface area contributed by atoms with Crippen molar-refractivity contribution in [1.82, 2.24) is 9.55 Å². The van der Waals surface area contributed by atoms with Gasteiger partial charge in [0.15, 0.2) is 5.15 Å². The topological polar surface area (TPSA) is 64.1 Å². The Labute approximate surface area is 110 Å². The number of hydrogen-bond donors (Lipinski definition) is 2. The first-order chi connectivity index (χ1) is 8.68. The molecule has 1 aliphatic rings. The van der Waals surface area contributed by atoms with Gasteiger partial charge in [0.1, 0.15) is 11.6 Å². The molecule has 0 amide bonds. The third-order valence-corrected chi connectivity index (χ3v) is 3.63. The van der Waals surface area contributed by atoms with Crippen LogP contribution in [0, 0.1) is 0 Å². The van der Waals surface area contributed by atoms with Gasteiger partial charge in [-0.05, 0) is 25.0 Å². The lowest BCUT2D eigenvalue weighted by molar-refractivity contribution is 0.461. The predicted octanol–water partition coefficient (Wildman–Crippen LogP) is 2.70. The lowest BCUT2D eigenvalue weighted by Crippen LogP contribution is -2.22. The van der Waals surface area contributed by atoms with E-state index in [9.17, 15) is 5.11 Å². The molecule has 1 atom stereocenters. The molecular formula is C13H14ClN3O. The van der Waals surface area contributed by atoms with Crippen molar-refractivity contribution in [1.29, 1.82) is 0 Å². The number of aromatic hydroxyl groups is 1. The summed E-state index contributed by atoms with van der Waals surface area (Å²) in [6.07, 6.45) is 1.92. The molecule has 1 aromatic heterocycles. The van der Waals surface area contributed by atoms with E-state index in [1.54, 1.807) is 12.1 Å². The molecule has 0 bridgehead atoms. The number of phenols is 1. The van der Waals surface area contributed by atoms with Gasteiger partial charge in [-0.15, -0.1) is 0 Å². The second-order valence-electron chi connectivity index (χ2n) is 4.53. The van der Waals surface area contributed by atoms with E-state index < -0.39 is 0 Å². The van der Waals surface area contributed by atoms with Crippen LogP contribution in [0.15, 0.2) is 24.3 Å². The molecule has 3 N–H and O–H groups in total. The average molecular weight is 264 g/mol. The van der Waals surface area contributed by atoms with Crippen molar-refractivity contribution in [3.05, 3.63) is 35.1 Å². The Kier molecular flexibility index (Phi) is 2.76. The fourth-order valence-electron chi connectivity index (χ4n) is 2.49. The molecule has 94 valence electrons. The minimum Gasteiger partial charge on any atom is -0.507 e. The highest BCUT2D eigenvalue weighted by molar-refractivity contribution is 6.30. The third-order valence-electron chi connectivity index (χ3n) is 3.35. The zero-order valence-electron chi connectivity index (χ0n) is 9.81. The fraction of sp³-hybridized carbons (Fsp3) is 0.308. The summed E-state index contributed by atoms with van der Waals surface area (Å²) < 4.78 is 2.02. The largest absolute Gasteiger partial charge is 0.507 e. The number of nitrogens with zero attached hydrogens (tertiary/aromatic N) is 2. The maximum atomic E-state index is 9.91. The fourth-order valence-corrected chi connectivity index (χ4v) is 2.81. The molecule has 0 saturated heterocycles. The molecule has 5 heteroatoms. The van der Waals surface area contributed by atoms with Crippen LogP contribution < -0.4 is 5.73 Å². The molecule has 1 aromatic carbocycles. The molecular weight excluding hydrogens is 250 g/mol. The van der Waals surface area contributed by atoms with E-state index in [1.165, 1.54) is 0 Å². The molecule has 0 saturated carbocycles. The molecule has 1 aliphatic heterocycles. The quantitative estimate of drug-likeness (QED) is 0.831. The lowest BCUT2D eigenvalue weighted by Gasteiger charge is -2.22. The Morgan fingerprint density at radius 2 is 2.17 bits per heavy atom. The van der Waals surface area contributed by atoms with Gasteiger partial charge in [0.25, 0.3) is 0 Å². The van der Waals surface area contributed by atoms with Gasteiger partial charge >= 0.3 is 0 Å². The first-order valence-corrected chi connectivity index (χ1v) is 6.36. The number of halogens is 1. The van der Waals surface area contributed by atoms with E-state index >= 15 is 0 Å². The van der Waals surface area contributed by atoms with Crippen molar-refractivity contribution in [2.45, 2.75) is 25.4 Å². The number of rotatable bonds is 1. The minimum atomic E-state index is -0.0710. The van der Waals surface area contributed by atoms with Crippen LogP contribution in [0.2, 0.25) is 5.15 Å². The molecule has 0 radical (unpaired) electrons. The average Bonchev–Trinajstić information content (AvgIpc) is 2.69. The van der Waals surface area contributed by atoms with E-state index in [0.29, 0.717) is 16.5 Å². The normalized spacial score (nSPS) is 18.7. The summed E-state index contributed by atoms with van der Waals surface area (Å²) in [7, 11) is 0. The predicted molar refractivity (Wildman–Crippen MR) is 70.5 cm³/mol. The maximum Gasteiger partial charge on any atom is 0.152 e. The summed E-state index contributed by atoms with van der Waals surface area (Å²) in [4.78, 5) is 4.36. The Morgan fingerprint density at radius 3 is 2.94 bits per heavy atom. The summed E-state index contributed by atoms with van der Waals surface area (Å²) in [6, 6.07) is 7.06. The number of nitrogens with two attached hydrogens (primary N) is 1. The monoisotopic (exact) mass is 263 g/mol. The standard InChI is InChI=1S/C13H14ClN3O/c14-12-11-9(15)5-3-7-17(11)13(16-12)8-4-1-2-6-10(8)18/h1-2,4,6,9,18H,3,5,7,15H2. The number of fused-ring (bicyclic) bond motifs is 1. The summed E-state index contributed by atoms with van der Waals surface area (Å²) in [6.45, 7) is 0.840. The van der Waals surface area contributed by atoms with Crippen molar-refractivity contribution in [2.24, 2.45) is 5.73 Å². The molecule has 18 heavy (non-hydrogen) atoms. The molecule has 0 aliphatic carbocycles. The molecule has 2 heterocycles. The van der Waals surface area contributed by atoms with Gasteiger partial charge in [0.05, 0.1) is 11.3 Å². The smallest absolute Gasteiger partial charge is 0.152 e. The van der Waals surface area contributed by atoms with Gasteiger partial charge in [-0.3, -0.25) is 0 Å². The van der Waals surface area contributed by atoms with Gasteiger partial charge in [0.2, 0.25) is 0 Å². The Morgan fingerprint density at radius 1 is 1.39 bits per heavy atom. The van der Waals surface area contributed by atoms with Crippen LogP contribution in [0.3, 0.4) is 0 Å². The van der Waals surface area contributed by atoms with Crippen LogP contribution in [0.25, 0.3) is 11.4 Å². The van der Waals surface area contributed by atoms with Crippen molar-refractivity contribution in [3.63, 3.8) is 0 Å². The highest BCUT2D eigenvalue weighted by Crippen LogP contribution is 2.36. The highest BCUT2D eigenvalue weighted by atomic mass is 35.5. The third kappa shape index (κ3) is 1.69. The Hall–Kier alpha value is -1.52. The van der Waals surface area contributed by atoms with Gasteiger partial charge in [0, 0.05) is 12.6 Å². The van der Waals surface area contributed by atoms with E-state index in [1.807, 2.05) is 16.7 Å². The van der Waals surface area contributed by atoms with Crippen LogP contribution in [0.5, 0.6) is 5.75 Å². The number of aromatic nitrogens is 2. The van der Waals surface area contributed by atoms with Crippen molar-refractivity contribution in [2.75, 3.05) is 0 Å². The summed E-state index contributed by atoms with van der Waals surface area (Å²) in [5.41, 5.74) is 7.64. The Balaban J connectivity index is 2.20. The van der Waals surface area contributed by atoms with Crippen LogP contribution >= 0.6 is 11.6 Å². The van der Waals surface area contributed by atoms with E-state index in [0.717, 1.165) is 25.1 Å². The number of para-hydroxylation sites is 1. The number of phenolic OH excluding ortho intramolecular Hbond substituents is 1. The minimum absolute atomic E-state index is 0.0710. The van der Waals surface area contributed by atoms with Gasteiger partial charge < -0.3 is 15.4 Å². The van der Waals surface area contributed by atoms with Crippen LogP contribution in [0.4, 0.5) is 0 Å². The molecule has 4 nitrogen and oxygen atoms in total. The maximum absolute atomic E-state index is 9.91. The van der Waals surface area contributed by atoms with Crippen molar-refractivity contribution in [3.8, 4) is 17.1 Å². The highest BCUT2D eigenvalue weighted by Gasteiger charge is 2.26. The number of imidazole rings is 1. The molecule has 0 spiro atoms. The molecule has 0 fully saturated rings. The number of hydrogen-bond acceptors (Lipinski definition) is 3. The SMILES string of the molecule is NC1CCCn2c(-c3ccccc3O)nc(Cl)c21. The van der Waals surface area contributed by atoms with Gasteiger partial charge in [-0.2, -0.15) is 0 Å². The van der Waals surface area contributed by atoms with Crippen LogP contribution in [0.1, 0.15) is 24.6 Å². The number of benzene rings is 1. The van der Waals surface area contributed by atoms with Crippen LogP contribution in [-0.4, -0.2) is 14.7 Å². The van der Waals surface area contributed by atoms with Crippen molar-refractivity contribution >= 4 is 11.6 Å². The van der Waals surface area contributed by atoms with Crippen LogP contribution in [-0.2, 0) is 6.54 Å². The van der Waals surface area contributed by atoms with Gasteiger partial charge in [-0.25, -0.2) is 4.98 Å². The zero-order chi connectivity index (χ0) is 12.7. The lowest BCUT2D eigenvalue weighted by atomic mass is 10.1.